The molecule has 0 bridgehead atoms. The molecule has 1 aromatic carbocycles. The van der Waals surface area contributed by atoms with Crippen LogP contribution in [0.2, 0.25) is 5.02 Å². The van der Waals surface area contributed by atoms with Crippen LogP contribution in [0.5, 0.6) is 0 Å². The van der Waals surface area contributed by atoms with E-state index in [9.17, 15) is 18.4 Å². The maximum absolute atomic E-state index is 13.4. The predicted octanol–water partition coefficient (Wildman–Crippen LogP) is 2.85. The van der Waals surface area contributed by atoms with Crippen LogP contribution >= 0.6 is 11.6 Å². The number of halogens is 3. The molecule has 3 N–H and O–H groups in total. The van der Waals surface area contributed by atoms with Crippen LogP contribution in [0.1, 0.15) is 13.3 Å². The highest BCUT2D eigenvalue weighted by Crippen LogP contribution is 2.26. The molecule has 8 heteroatoms. The average molecular weight is 307 g/mol. The largest absolute Gasteiger partial charge is 0.481 e. The maximum Gasteiger partial charge on any atom is 0.319 e. The van der Waals surface area contributed by atoms with Crippen LogP contribution in [-0.4, -0.2) is 23.7 Å². The van der Waals surface area contributed by atoms with Gasteiger partial charge in [0, 0.05) is 12.6 Å². The SMILES string of the molecule is CC(CCNC(=O)Nc1c(F)cc(F)cc1Cl)C(=O)O. The molecule has 0 saturated heterocycles. The molecule has 0 aromatic heterocycles. The van der Waals surface area contributed by atoms with Crippen LogP contribution in [-0.2, 0) is 4.79 Å². The number of anilines is 1. The summed E-state index contributed by atoms with van der Waals surface area (Å²) in [6, 6.07) is 0.704. The van der Waals surface area contributed by atoms with E-state index in [1.165, 1.54) is 6.92 Å². The quantitative estimate of drug-likeness (QED) is 0.782. The van der Waals surface area contributed by atoms with Crippen LogP contribution in [0, 0.1) is 17.6 Å². The Morgan fingerprint density at radius 1 is 1.40 bits per heavy atom. The van der Waals surface area contributed by atoms with Crippen molar-refractivity contribution < 1.29 is 23.5 Å². The molecule has 0 aliphatic rings. The Balaban J connectivity index is 2.53. The van der Waals surface area contributed by atoms with Crippen molar-refractivity contribution >= 4 is 29.3 Å². The van der Waals surface area contributed by atoms with Crippen LogP contribution in [0.15, 0.2) is 12.1 Å². The van der Waals surface area contributed by atoms with Gasteiger partial charge in [-0.15, -0.1) is 0 Å². The number of carbonyl (C=O) groups excluding carboxylic acids is 1. The van der Waals surface area contributed by atoms with Gasteiger partial charge in [0.2, 0.25) is 0 Å². The fraction of sp³-hybridized carbons (Fsp3) is 0.333. The van der Waals surface area contributed by atoms with Crippen molar-refractivity contribution in [3.8, 4) is 0 Å². The molecular weight excluding hydrogens is 294 g/mol. The van der Waals surface area contributed by atoms with E-state index in [0.717, 1.165) is 6.07 Å². The van der Waals surface area contributed by atoms with Crippen LogP contribution in [0.3, 0.4) is 0 Å². The molecule has 0 heterocycles. The second kappa shape index (κ2) is 7.04. The molecule has 1 atom stereocenters. The average Bonchev–Trinajstić information content (AvgIpc) is 2.33. The topological polar surface area (TPSA) is 78.4 Å². The van der Waals surface area contributed by atoms with E-state index >= 15 is 0 Å². The van der Waals surface area contributed by atoms with Gasteiger partial charge in [0.05, 0.1) is 16.6 Å². The summed E-state index contributed by atoms with van der Waals surface area (Å²) >= 11 is 5.60. The molecule has 0 saturated carbocycles. The Bertz CT molecular complexity index is 502. The van der Waals surface area contributed by atoms with Crippen molar-refractivity contribution in [2.45, 2.75) is 13.3 Å². The van der Waals surface area contributed by atoms with Crippen LogP contribution < -0.4 is 10.6 Å². The van der Waals surface area contributed by atoms with Crippen LogP contribution in [0.4, 0.5) is 19.3 Å². The number of amides is 2. The first-order valence-corrected chi connectivity index (χ1v) is 6.11. The van der Waals surface area contributed by atoms with Gasteiger partial charge in [-0.25, -0.2) is 13.6 Å². The van der Waals surface area contributed by atoms with Gasteiger partial charge in [0.15, 0.2) is 5.82 Å². The number of carboxylic acid groups (broad SMARTS) is 1. The molecule has 110 valence electrons. The van der Waals surface area contributed by atoms with Crippen molar-refractivity contribution in [2.24, 2.45) is 5.92 Å². The second-order valence-corrected chi connectivity index (χ2v) is 4.56. The summed E-state index contributed by atoms with van der Waals surface area (Å²) in [6.45, 7) is 1.60. The lowest BCUT2D eigenvalue weighted by Crippen LogP contribution is -2.31. The predicted molar refractivity (Wildman–Crippen MR) is 69.8 cm³/mol. The number of urea groups is 1. The summed E-state index contributed by atoms with van der Waals surface area (Å²) in [6.07, 6.45) is 0.225. The zero-order valence-electron chi connectivity index (χ0n) is 10.5. The number of carbonyl (C=O) groups is 2. The molecule has 20 heavy (non-hydrogen) atoms. The summed E-state index contributed by atoms with van der Waals surface area (Å²) < 4.78 is 26.2. The van der Waals surface area contributed by atoms with E-state index in [-0.39, 0.29) is 23.7 Å². The van der Waals surface area contributed by atoms with Gasteiger partial charge in [-0.05, 0) is 12.5 Å². The molecule has 0 aliphatic carbocycles. The third kappa shape index (κ3) is 4.65. The molecule has 0 spiro atoms. The number of nitrogens with one attached hydrogen (secondary N) is 2. The van der Waals surface area contributed by atoms with E-state index < -0.39 is 29.6 Å². The first-order valence-electron chi connectivity index (χ1n) is 5.73. The molecule has 1 rings (SSSR count). The van der Waals surface area contributed by atoms with Crippen LogP contribution in [0.25, 0.3) is 0 Å². The Labute approximate surface area is 118 Å². The normalized spacial score (nSPS) is 11.8. The van der Waals surface area contributed by atoms with Gasteiger partial charge in [0.1, 0.15) is 5.82 Å². The fourth-order valence-corrected chi connectivity index (χ4v) is 1.59. The summed E-state index contributed by atoms with van der Waals surface area (Å²) in [7, 11) is 0. The minimum Gasteiger partial charge on any atom is -0.481 e. The molecule has 1 aromatic rings. The van der Waals surface area contributed by atoms with E-state index in [1.807, 2.05) is 0 Å². The van der Waals surface area contributed by atoms with E-state index in [2.05, 4.69) is 10.6 Å². The highest BCUT2D eigenvalue weighted by Gasteiger charge is 2.14. The molecule has 0 radical (unpaired) electrons. The highest BCUT2D eigenvalue weighted by atomic mass is 35.5. The zero-order valence-corrected chi connectivity index (χ0v) is 11.3. The summed E-state index contributed by atoms with van der Waals surface area (Å²) in [4.78, 5) is 22.0. The lowest BCUT2D eigenvalue weighted by atomic mass is 10.1. The molecule has 0 fully saturated rings. The summed E-state index contributed by atoms with van der Waals surface area (Å²) in [5, 5.41) is 12.9. The highest BCUT2D eigenvalue weighted by molar-refractivity contribution is 6.33. The van der Waals surface area contributed by atoms with Gasteiger partial charge in [-0.1, -0.05) is 18.5 Å². The van der Waals surface area contributed by atoms with Gasteiger partial charge < -0.3 is 15.7 Å². The summed E-state index contributed by atoms with van der Waals surface area (Å²) in [5.41, 5.74) is -0.336. The molecule has 1 unspecified atom stereocenters. The Morgan fingerprint density at radius 2 is 2.05 bits per heavy atom. The standard InChI is InChI=1S/C12H13ClF2N2O3/c1-6(11(18)19)2-3-16-12(20)17-10-8(13)4-7(14)5-9(10)15/h4-6H,2-3H2,1H3,(H,18,19)(H2,16,17,20). The molecular formula is C12H13ClF2N2O3. The number of hydrogen-bond acceptors (Lipinski definition) is 2. The molecule has 2 amide bonds. The van der Waals surface area contributed by atoms with Gasteiger partial charge in [-0.3, -0.25) is 4.79 Å². The number of aliphatic carboxylic acids is 1. The first kappa shape index (κ1) is 16.2. The smallest absolute Gasteiger partial charge is 0.319 e. The van der Waals surface area contributed by atoms with E-state index in [1.54, 1.807) is 0 Å². The maximum atomic E-state index is 13.4. The number of benzene rings is 1. The summed E-state index contributed by atoms with van der Waals surface area (Å²) in [5.74, 6) is -3.43. The Kier molecular flexibility index (Phi) is 5.69. The molecule has 5 nitrogen and oxygen atoms in total. The zero-order chi connectivity index (χ0) is 15.3. The van der Waals surface area contributed by atoms with Crippen molar-refractivity contribution in [1.82, 2.24) is 5.32 Å². The third-order valence-electron chi connectivity index (χ3n) is 2.53. The van der Waals surface area contributed by atoms with Crippen molar-refractivity contribution in [1.29, 1.82) is 0 Å². The lowest BCUT2D eigenvalue weighted by molar-refractivity contribution is -0.141. The second-order valence-electron chi connectivity index (χ2n) is 4.15. The number of carboxylic acids is 1. The first-order chi connectivity index (χ1) is 9.31. The Morgan fingerprint density at radius 3 is 2.60 bits per heavy atom. The van der Waals surface area contributed by atoms with Crippen molar-refractivity contribution in [3.63, 3.8) is 0 Å². The fourth-order valence-electron chi connectivity index (χ4n) is 1.35. The third-order valence-corrected chi connectivity index (χ3v) is 2.83. The van der Waals surface area contributed by atoms with Crippen molar-refractivity contribution in [2.75, 3.05) is 11.9 Å². The lowest BCUT2D eigenvalue weighted by Gasteiger charge is -2.11. The Hall–Kier alpha value is -1.89. The van der Waals surface area contributed by atoms with Crippen molar-refractivity contribution in [3.05, 3.63) is 28.8 Å². The van der Waals surface area contributed by atoms with Gasteiger partial charge >= 0.3 is 12.0 Å². The van der Waals surface area contributed by atoms with Gasteiger partial charge in [-0.2, -0.15) is 0 Å². The van der Waals surface area contributed by atoms with Gasteiger partial charge in [0.25, 0.3) is 0 Å². The van der Waals surface area contributed by atoms with E-state index in [4.69, 9.17) is 16.7 Å². The van der Waals surface area contributed by atoms with E-state index in [0.29, 0.717) is 6.07 Å². The minimum atomic E-state index is -0.996. The monoisotopic (exact) mass is 306 g/mol. The number of rotatable bonds is 5. The molecule has 0 aliphatic heterocycles. The number of hydrogen-bond donors (Lipinski definition) is 3. The minimum absolute atomic E-state index is 0.0970.